The van der Waals surface area contributed by atoms with Crippen LogP contribution in [-0.4, -0.2) is 27.9 Å². The summed E-state index contributed by atoms with van der Waals surface area (Å²) >= 11 is 8.03. The lowest BCUT2D eigenvalue weighted by Gasteiger charge is -2.13. The number of benzene rings is 1. The van der Waals surface area contributed by atoms with Gasteiger partial charge in [0.25, 0.3) is 0 Å². The summed E-state index contributed by atoms with van der Waals surface area (Å²) in [6.45, 7) is 4.26. The zero-order chi connectivity index (χ0) is 18.6. The third kappa shape index (κ3) is 5.48. The fourth-order valence-corrected chi connectivity index (χ4v) is 3.94. The Morgan fingerprint density at radius 3 is 2.76 bits per heavy atom. The largest absolute Gasteiger partial charge is 0.417 e. The first kappa shape index (κ1) is 19.8. The molecular weight excluding hydrogens is 397 g/mol. The van der Waals surface area contributed by atoms with Crippen molar-refractivity contribution in [2.45, 2.75) is 29.6 Å². The molecule has 0 bridgehead atoms. The van der Waals surface area contributed by atoms with E-state index >= 15 is 0 Å². The van der Waals surface area contributed by atoms with E-state index in [2.05, 4.69) is 20.8 Å². The normalized spacial score (nSPS) is 12.7. The van der Waals surface area contributed by atoms with Gasteiger partial charge in [-0.15, -0.1) is 10.2 Å². The third-order valence-electron chi connectivity index (χ3n) is 2.92. The van der Waals surface area contributed by atoms with Gasteiger partial charge in [0, 0.05) is 12.2 Å². The number of alkyl halides is 3. The first-order chi connectivity index (χ1) is 11.7. The van der Waals surface area contributed by atoms with Gasteiger partial charge in [0.15, 0.2) is 4.34 Å². The minimum atomic E-state index is -4.59. The molecule has 1 amide bonds. The van der Waals surface area contributed by atoms with Gasteiger partial charge in [-0.3, -0.25) is 4.79 Å². The molecule has 1 aromatic carbocycles. The van der Waals surface area contributed by atoms with Crippen molar-refractivity contribution in [1.82, 2.24) is 10.2 Å². The Balaban J connectivity index is 2.03. The minimum Gasteiger partial charge on any atom is -0.360 e. The molecule has 2 rings (SSSR count). The smallest absolute Gasteiger partial charge is 0.360 e. The van der Waals surface area contributed by atoms with Crippen LogP contribution in [0.15, 0.2) is 22.5 Å². The van der Waals surface area contributed by atoms with Crippen molar-refractivity contribution >= 4 is 51.4 Å². The number of halogens is 4. The van der Waals surface area contributed by atoms with Gasteiger partial charge >= 0.3 is 6.18 Å². The Kier molecular flexibility index (Phi) is 6.53. The van der Waals surface area contributed by atoms with Gasteiger partial charge < -0.3 is 10.6 Å². The summed E-state index contributed by atoms with van der Waals surface area (Å²) < 4.78 is 39.2. The average Bonchev–Trinajstić information content (AvgIpc) is 2.95. The summed E-state index contributed by atoms with van der Waals surface area (Å²) in [5.41, 5.74) is -0.966. The van der Waals surface area contributed by atoms with Crippen LogP contribution >= 0.6 is 34.7 Å². The molecule has 0 saturated heterocycles. The lowest BCUT2D eigenvalue weighted by Crippen LogP contribution is -2.22. The summed E-state index contributed by atoms with van der Waals surface area (Å²) in [6, 6.07) is 3.23. The van der Waals surface area contributed by atoms with Crippen LogP contribution in [0.1, 0.15) is 19.4 Å². The molecular formula is C14H14ClF3N4OS2. The van der Waals surface area contributed by atoms with Crippen LogP contribution in [0.5, 0.6) is 0 Å². The molecule has 2 aromatic rings. The molecule has 136 valence electrons. The second-order valence-electron chi connectivity index (χ2n) is 4.85. The van der Waals surface area contributed by atoms with Crippen molar-refractivity contribution < 1.29 is 18.0 Å². The van der Waals surface area contributed by atoms with Crippen LogP contribution in [0, 0.1) is 0 Å². The van der Waals surface area contributed by atoms with Crippen molar-refractivity contribution in [2.75, 3.05) is 17.2 Å². The quantitative estimate of drug-likeness (QED) is 0.672. The number of nitrogens with zero attached hydrogens (tertiary/aromatic N) is 2. The molecule has 11 heteroatoms. The van der Waals surface area contributed by atoms with Gasteiger partial charge in [-0.1, -0.05) is 34.7 Å². The average molecular weight is 411 g/mol. The summed E-state index contributed by atoms with van der Waals surface area (Å²) in [4.78, 5) is 12.2. The lowest BCUT2D eigenvalue weighted by atomic mass is 10.2. The number of thioether (sulfide) groups is 1. The molecule has 0 aliphatic heterocycles. The number of carbonyl (C=O) groups excluding carboxylic acids is 1. The maximum Gasteiger partial charge on any atom is 0.417 e. The highest BCUT2D eigenvalue weighted by Crippen LogP contribution is 2.36. The molecule has 1 atom stereocenters. The van der Waals surface area contributed by atoms with Gasteiger partial charge in [0.05, 0.1) is 15.8 Å². The highest BCUT2D eigenvalue weighted by atomic mass is 35.5. The van der Waals surface area contributed by atoms with E-state index in [0.29, 0.717) is 16.0 Å². The van der Waals surface area contributed by atoms with Crippen LogP contribution in [-0.2, 0) is 11.0 Å². The molecule has 0 saturated carbocycles. The summed E-state index contributed by atoms with van der Waals surface area (Å²) in [7, 11) is 0. The van der Waals surface area contributed by atoms with Crippen LogP contribution in [0.25, 0.3) is 0 Å². The Bertz CT molecular complexity index is 754. The monoisotopic (exact) mass is 410 g/mol. The minimum absolute atomic E-state index is 0.0276. The molecule has 5 nitrogen and oxygen atoms in total. The van der Waals surface area contributed by atoms with Crippen molar-refractivity contribution in [2.24, 2.45) is 0 Å². The van der Waals surface area contributed by atoms with E-state index in [-0.39, 0.29) is 5.69 Å². The summed E-state index contributed by atoms with van der Waals surface area (Å²) in [5, 5.41) is 13.0. The molecule has 1 unspecified atom stereocenters. The van der Waals surface area contributed by atoms with E-state index < -0.39 is 27.9 Å². The Morgan fingerprint density at radius 2 is 2.12 bits per heavy atom. The van der Waals surface area contributed by atoms with Crippen molar-refractivity contribution in [3.8, 4) is 0 Å². The Morgan fingerprint density at radius 1 is 1.40 bits per heavy atom. The zero-order valence-corrected chi connectivity index (χ0v) is 15.5. The maximum atomic E-state index is 12.9. The van der Waals surface area contributed by atoms with Crippen molar-refractivity contribution in [1.29, 1.82) is 0 Å². The van der Waals surface area contributed by atoms with E-state index in [9.17, 15) is 18.0 Å². The Labute approximate surface area is 155 Å². The molecule has 0 fully saturated rings. The zero-order valence-electron chi connectivity index (χ0n) is 13.1. The molecule has 0 spiro atoms. The second kappa shape index (κ2) is 8.24. The molecule has 25 heavy (non-hydrogen) atoms. The molecule has 1 heterocycles. The number of anilines is 2. The lowest BCUT2D eigenvalue weighted by molar-refractivity contribution is -0.137. The number of amides is 1. The van der Waals surface area contributed by atoms with E-state index in [1.807, 2.05) is 6.92 Å². The van der Waals surface area contributed by atoms with Crippen LogP contribution in [0.2, 0.25) is 5.02 Å². The van der Waals surface area contributed by atoms with E-state index in [1.165, 1.54) is 29.2 Å². The molecule has 2 N–H and O–H groups in total. The van der Waals surface area contributed by atoms with E-state index in [4.69, 9.17) is 11.6 Å². The predicted octanol–water partition coefficient (Wildman–Crippen LogP) is 4.76. The van der Waals surface area contributed by atoms with E-state index in [1.54, 1.807) is 6.92 Å². The van der Waals surface area contributed by atoms with Gasteiger partial charge in [0.2, 0.25) is 11.0 Å². The first-order valence-electron chi connectivity index (χ1n) is 7.12. The van der Waals surface area contributed by atoms with Gasteiger partial charge in [-0.05, 0) is 32.0 Å². The van der Waals surface area contributed by atoms with E-state index in [0.717, 1.165) is 12.1 Å². The summed E-state index contributed by atoms with van der Waals surface area (Å²) in [6.07, 6.45) is -4.59. The fraction of sp³-hybridized carbons (Fsp3) is 0.357. The van der Waals surface area contributed by atoms with Crippen molar-refractivity contribution in [3.05, 3.63) is 28.8 Å². The number of hydrogen-bond acceptors (Lipinski definition) is 6. The second-order valence-corrected chi connectivity index (χ2v) is 7.82. The molecule has 1 aromatic heterocycles. The van der Waals surface area contributed by atoms with Gasteiger partial charge in [-0.2, -0.15) is 13.2 Å². The number of carbonyl (C=O) groups is 1. The van der Waals surface area contributed by atoms with Crippen LogP contribution in [0.3, 0.4) is 0 Å². The molecule has 0 aliphatic rings. The Hall–Kier alpha value is -1.52. The summed E-state index contributed by atoms with van der Waals surface area (Å²) in [5.74, 6) is -0.444. The number of rotatable bonds is 6. The number of aromatic nitrogens is 2. The highest BCUT2D eigenvalue weighted by molar-refractivity contribution is 8.02. The number of nitrogens with one attached hydrogen (secondary N) is 2. The first-order valence-corrected chi connectivity index (χ1v) is 9.19. The van der Waals surface area contributed by atoms with Crippen LogP contribution in [0.4, 0.5) is 24.0 Å². The predicted molar refractivity (Wildman–Crippen MR) is 94.5 cm³/mol. The van der Waals surface area contributed by atoms with Crippen LogP contribution < -0.4 is 10.6 Å². The maximum absolute atomic E-state index is 12.9. The highest BCUT2D eigenvalue weighted by Gasteiger charge is 2.33. The topological polar surface area (TPSA) is 66.9 Å². The fourth-order valence-electron chi connectivity index (χ4n) is 1.75. The van der Waals surface area contributed by atoms with Crippen molar-refractivity contribution in [3.63, 3.8) is 0 Å². The molecule has 0 aliphatic carbocycles. The molecule has 0 radical (unpaired) electrons. The third-order valence-corrected chi connectivity index (χ3v) is 5.32. The number of hydrogen-bond donors (Lipinski definition) is 2. The standard InChI is InChI=1S/C14H14ClF3N4OS2/c1-3-19-12-21-22-13(25-12)24-7(2)11(23)20-8-4-5-10(15)9(6-8)14(16,17)18/h4-7H,3H2,1-2H3,(H,19,21)(H,20,23). The SMILES string of the molecule is CCNc1nnc(SC(C)C(=O)Nc2ccc(Cl)c(C(F)(F)F)c2)s1. The van der Waals surface area contributed by atoms with Gasteiger partial charge in [-0.25, -0.2) is 0 Å². The van der Waals surface area contributed by atoms with Gasteiger partial charge in [0.1, 0.15) is 0 Å².